The minimum Gasteiger partial charge on any atom is -0.207 e. The molecule has 2 rings (SSSR count). The van der Waals surface area contributed by atoms with Gasteiger partial charge in [-0.1, -0.05) is 70.4 Å². The third kappa shape index (κ3) is 5.26. The lowest BCUT2D eigenvalue weighted by Gasteiger charge is -2.28. The van der Waals surface area contributed by atoms with Crippen LogP contribution in [0.15, 0.2) is 24.3 Å². The molecule has 0 saturated heterocycles. The van der Waals surface area contributed by atoms with Gasteiger partial charge in [-0.25, -0.2) is 4.39 Å². The number of hydrogen-bond donors (Lipinski definition) is 0. The number of unbranched alkanes of at least 4 members (excludes halogenated alkanes) is 2. The summed E-state index contributed by atoms with van der Waals surface area (Å²) >= 11 is 0. The van der Waals surface area contributed by atoms with Crippen LogP contribution in [0.25, 0.3) is 0 Å². The lowest BCUT2D eigenvalue weighted by atomic mass is 9.78. The molecule has 1 saturated carbocycles. The Hall–Kier alpha value is -0.850. The first-order valence-electron chi connectivity index (χ1n) is 8.52. The van der Waals surface area contributed by atoms with E-state index in [4.69, 9.17) is 0 Å². The van der Waals surface area contributed by atoms with Gasteiger partial charge in [-0.3, -0.25) is 0 Å². The largest absolute Gasteiger partial charge is 0.207 e. The molecule has 0 N–H and O–H groups in total. The maximum atomic E-state index is 12.9. The van der Waals surface area contributed by atoms with Crippen LogP contribution in [0.4, 0.5) is 4.39 Å². The monoisotopic (exact) mass is 276 g/mol. The van der Waals surface area contributed by atoms with Crippen LogP contribution in [-0.4, -0.2) is 0 Å². The summed E-state index contributed by atoms with van der Waals surface area (Å²) in [5.41, 5.74) is 1.29. The van der Waals surface area contributed by atoms with Crippen molar-refractivity contribution in [1.82, 2.24) is 0 Å². The fraction of sp³-hybridized carbons (Fsp3) is 0.684. The number of benzene rings is 1. The van der Waals surface area contributed by atoms with Gasteiger partial charge in [0.1, 0.15) is 5.82 Å². The van der Waals surface area contributed by atoms with Crippen LogP contribution >= 0.6 is 0 Å². The lowest BCUT2D eigenvalue weighted by molar-refractivity contribution is 0.249. The van der Waals surface area contributed by atoms with Gasteiger partial charge in [0.05, 0.1) is 0 Å². The van der Waals surface area contributed by atoms with E-state index in [1.807, 2.05) is 12.1 Å². The van der Waals surface area contributed by atoms with Crippen molar-refractivity contribution in [2.45, 2.75) is 71.1 Å². The lowest BCUT2D eigenvalue weighted by Crippen LogP contribution is -2.15. The number of halogens is 1. The van der Waals surface area contributed by atoms with Crippen LogP contribution in [0.3, 0.4) is 0 Å². The van der Waals surface area contributed by atoms with E-state index in [9.17, 15) is 4.39 Å². The van der Waals surface area contributed by atoms with Gasteiger partial charge in [0.25, 0.3) is 0 Å². The van der Waals surface area contributed by atoms with Crippen LogP contribution in [0.2, 0.25) is 0 Å². The van der Waals surface area contributed by atoms with E-state index < -0.39 is 0 Å². The van der Waals surface area contributed by atoms with Crippen LogP contribution in [0.5, 0.6) is 0 Å². The zero-order valence-electron chi connectivity index (χ0n) is 12.9. The van der Waals surface area contributed by atoms with Gasteiger partial charge >= 0.3 is 0 Å². The molecule has 1 fully saturated rings. The first-order chi connectivity index (χ1) is 9.78. The SMILES string of the molecule is CCCCCC1CCC(CCc2ccc(F)cc2)CC1. The summed E-state index contributed by atoms with van der Waals surface area (Å²) in [6.45, 7) is 2.28. The highest BCUT2D eigenvalue weighted by atomic mass is 19.1. The minimum absolute atomic E-state index is 0.124. The molecule has 0 radical (unpaired) electrons. The molecule has 1 aromatic carbocycles. The fourth-order valence-corrected chi connectivity index (χ4v) is 3.51. The molecule has 0 amide bonds. The molecule has 20 heavy (non-hydrogen) atoms. The van der Waals surface area contributed by atoms with Gasteiger partial charge < -0.3 is 0 Å². The molecule has 1 aliphatic rings. The van der Waals surface area contributed by atoms with E-state index in [0.29, 0.717) is 0 Å². The van der Waals surface area contributed by atoms with Crippen molar-refractivity contribution >= 4 is 0 Å². The smallest absolute Gasteiger partial charge is 0.123 e. The van der Waals surface area contributed by atoms with Crippen LogP contribution < -0.4 is 0 Å². The summed E-state index contributed by atoms with van der Waals surface area (Å²) in [6.07, 6.45) is 13.8. The fourth-order valence-electron chi connectivity index (χ4n) is 3.51. The Bertz CT molecular complexity index is 360. The standard InChI is InChI=1S/C19H29F/c1-2-3-4-5-16-6-8-17(9-7-16)10-11-18-12-14-19(20)15-13-18/h12-17H,2-11H2,1H3. The summed E-state index contributed by atoms with van der Waals surface area (Å²) in [7, 11) is 0. The van der Waals surface area contributed by atoms with Crippen LogP contribution in [-0.2, 0) is 6.42 Å². The number of rotatable bonds is 7. The molecule has 0 spiro atoms. The molecule has 1 heteroatoms. The summed E-state index contributed by atoms with van der Waals surface area (Å²) in [5, 5.41) is 0. The van der Waals surface area contributed by atoms with Crippen molar-refractivity contribution in [3.63, 3.8) is 0 Å². The van der Waals surface area contributed by atoms with E-state index in [1.54, 1.807) is 12.1 Å². The highest BCUT2D eigenvalue weighted by Crippen LogP contribution is 2.34. The average molecular weight is 276 g/mol. The molecule has 0 aliphatic heterocycles. The Labute approximate surface area is 123 Å². The highest BCUT2D eigenvalue weighted by Gasteiger charge is 2.20. The van der Waals surface area contributed by atoms with Gasteiger partial charge in [-0.2, -0.15) is 0 Å². The maximum Gasteiger partial charge on any atom is 0.123 e. The second kappa shape index (κ2) is 8.44. The Morgan fingerprint density at radius 2 is 1.50 bits per heavy atom. The Morgan fingerprint density at radius 3 is 2.10 bits per heavy atom. The molecule has 0 bridgehead atoms. The molecular formula is C19H29F. The predicted molar refractivity (Wildman–Crippen MR) is 84.3 cm³/mol. The molecule has 0 heterocycles. The quantitative estimate of drug-likeness (QED) is 0.524. The molecule has 0 nitrogen and oxygen atoms in total. The third-order valence-electron chi connectivity index (χ3n) is 4.94. The molecule has 0 atom stereocenters. The average Bonchev–Trinajstić information content (AvgIpc) is 2.48. The Morgan fingerprint density at radius 1 is 0.900 bits per heavy atom. The molecule has 1 aromatic rings. The van der Waals surface area contributed by atoms with Crippen LogP contribution in [0, 0.1) is 17.7 Å². The van der Waals surface area contributed by atoms with E-state index in [-0.39, 0.29) is 5.82 Å². The van der Waals surface area contributed by atoms with Gasteiger partial charge in [0.2, 0.25) is 0 Å². The number of hydrogen-bond acceptors (Lipinski definition) is 0. The molecule has 0 aromatic heterocycles. The summed E-state index contributed by atoms with van der Waals surface area (Å²) in [4.78, 5) is 0. The first-order valence-corrected chi connectivity index (χ1v) is 8.52. The van der Waals surface area contributed by atoms with Crippen molar-refractivity contribution in [2.24, 2.45) is 11.8 Å². The molecule has 0 unspecified atom stereocenters. The molecule has 1 aliphatic carbocycles. The van der Waals surface area contributed by atoms with Crippen molar-refractivity contribution in [3.05, 3.63) is 35.6 Å². The summed E-state index contributed by atoms with van der Waals surface area (Å²) < 4.78 is 12.9. The van der Waals surface area contributed by atoms with Gasteiger partial charge in [0, 0.05) is 0 Å². The minimum atomic E-state index is -0.124. The highest BCUT2D eigenvalue weighted by molar-refractivity contribution is 5.16. The van der Waals surface area contributed by atoms with Gasteiger partial charge in [0.15, 0.2) is 0 Å². The normalized spacial score (nSPS) is 22.9. The van der Waals surface area contributed by atoms with Gasteiger partial charge in [-0.05, 0) is 42.4 Å². The zero-order valence-corrected chi connectivity index (χ0v) is 12.9. The van der Waals surface area contributed by atoms with Crippen molar-refractivity contribution in [3.8, 4) is 0 Å². The molecular weight excluding hydrogens is 247 g/mol. The maximum absolute atomic E-state index is 12.9. The van der Waals surface area contributed by atoms with E-state index in [2.05, 4.69) is 6.92 Å². The second-order valence-electron chi connectivity index (χ2n) is 6.55. The topological polar surface area (TPSA) is 0 Å². The van der Waals surface area contributed by atoms with E-state index >= 15 is 0 Å². The van der Waals surface area contributed by atoms with Crippen molar-refractivity contribution in [2.75, 3.05) is 0 Å². The molecule has 112 valence electrons. The number of aryl methyl sites for hydroxylation is 1. The van der Waals surface area contributed by atoms with Crippen molar-refractivity contribution < 1.29 is 4.39 Å². The summed E-state index contributed by atoms with van der Waals surface area (Å²) in [6, 6.07) is 7.04. The second-order valence-corrected chi connectivity index (χ2v) is 6.55. The Kier molecular flexibility index (Phi) is 6.56. The van der Waals surface area contributed by atoms with Crippen molar-refractivity contribution in [1.29, 1.82) is 0 Å². The Balaban J connectivity index is 1.63. The predicted octanol–water partition coefficient (Wildman–Crippen LogP) is 6.15. The van der Waals surface area contributed by atoms with Crippen LogP contribution in [0.1, 0.15) is 70.3 Å². The third-order valence-corrected chi connectivity index (χ3v) is 4.94. The first kappa shape index (κ1) is 15.5. The van der Waals surface area contributed by atoms with Gasteiger partial charge in [-0.15, -0.1) is 0 Å². The zero-order chi connectivity index (χ0) is 14.2. The van der Waals surface area contributed by atoms with E-state index in [0.717, 1.165) is 18.3 Å². The summed E-state index contributed by atoms with van der Waals surface area (Å²) in [5.74, 6) is 1.78. The van der Waals surface area contributed by atoms with E-state index in [1.165, 1.54) is 63.4 Å².